The Labute approximate surface area is 178 Å². The van der Waals surface area contributed by atoms with Crippen molar-refractivity contribution in [3.05, 3.63) is 76.1 Å². The van der Waals surface area contributed by atoms with Gasteiger partial charge in [-0.1, -0.05) is 29.8 Å². The van der Waals surface area contributed by atoms with Gasteiger partial charge in [0.2, 0.25) is 0 Å². The number of methoxy groups -OCH3 is 1. The molecule has 0 radical (unpaired) electrons. The van der Waals surface area contributed by atoms with E-state index in [1.807, 2.05) is 55.6 Å². The number of hydrogen-bond acceptors (Lipinski definition) is 5. The number of fused-ring (bicyclic) bond motifs is 1. The number of thiophene rings is 1. The molecule has 1 N–H and O–H groups in total. The zero-order valence-electron chi connectivity index (χ0n) is 17.1. The summed E-state index contributed by atoms with van der Waals surface area (Å²) in [6.07, 6.45) is 1.79. The fourth-order valence-electron chi connectivity index (χ4n) is 3.53. The first-order valence-corrected chi connectivity index (χ1v) is 10.3. The lowest BCUT2D eigenvalue weighted by molar-refractivity contribution is 0.0603. The Morgan fingerprint density at radius 2 is 1.90 bits per heavy atom. The normalized spacial score (nSPS) is 10.9. The number of ether oxygens (including phenoxy) is 1. The van der Waals surface area contributed by atoms with Crippen LogP contribution in [-0.4, -0.2) is 28.4 Å². The summed E-state index contributed by atoms with van der Waals surface area (Å²) in [7, 11) is 1.34. The van der Waals surface area contributed by atoms with Crippen molar-refractivity contribution in [2.75, 3.05) is 12.4 Å². The second kappa shape index (κ2) is 7.76. The Balaban J connectivity index is 1.79. The molecule has 0 saturated heterocycles. The van der Waals surface area contributed by atoms with E-state index in [2.05, 4.69) is 10.3 Å². The van der Waals surface area contributed by atoms with Gasteiger partial charge in [-0.3, -0.25) is 9.20 Å². The van der Waals surface area contributed by atoms with E-state index in [9.17, 15) is 9.59 Å². The fraction of sp³-hybridized carbons (Fsp3) is 0.174. The Morgan fingerprint density at radius 1 is 1.10 bits per heavy atom. The molecule has 4 aromatic rings. The van der Waals surface area contributed by atoms with Gasteiger partial charge in [0, 0.05) is 17.1 Å². The van der Waals surface area contributed by atoms with Gasteiger partial charge in [-0.15, -0.1) is 11.3 Å². The van der Waals surface area contributed by atoms with Crippen molar-refractivity contribution >= 4 is 33.9 Å². The number of esters is 1. The van der Waals surface area contributed by atoms with Crippen LogP contribution in [0.15, 0.2) is 48.0 Å². The maximum atomic E-state index is 13.1. The molecule has 0 spiro atoms. The van der Waals surface area contributed by atoms with Crippen molar-refractivity contribution in [2.24, 2.45) is 0 Å². The van der Waals surface area contributed by atoms with E-state index in [-0.39, 0.29) is 5.91 Å². The average molecular weight is 420 g/mol. The molecule has 0 aliphatic carbocycles. The van der Waals surface area contributed by atoms with Gasteiger partial charge in [0.1, 0.15) is 21.9 Å². The number of hydrogen-bond donors (Lipinski definition) is 1. The van der Waals surface area contributed by atoms with Gasteiger partial charge in [-0.25, -0.2) is 9.78 Å². The third kappa shape index (κ3) is 3.37. The van der Waals surface area contributed by atoms with Crippen LogP contribution < -0.4 is 5.32 Å². The number of carbonyl (C=O) groups is 2. The van der Waals surface area contributed by atoms with E-state index in [1.165, 1.54) is 18.4 Å². The monoisotopic (exact) mass is 419 g/mol. The standard InChI is InChI=1S/C23H21N3O3S/c1-13-8-9-14(2)16(11-13)17-12-30-22(19(17)23(28)29-4)25-21(27)20-15(3)24-18-7-5-6-10-26(18)20/h5-12H,1-4H3,(H,25,27). The van der Waals surface area contributed by atoms with Crippen LogP contribution in [-0.2, 0) is 4.74 Å². The van der Waals surface area contributed by atoms with Crippen LogP contribution in [0.4, 0.5) is 5.00 Å². The highest BCUT2D eigenvalue weighted by Crippen LogP contribution is 2.38. The van der Waals surface area contributed by atoms with Crippen molar-refractivity contribution in [3.63, 3.8) is 0 Å². The lowest BCUT2D eigenvalue weighted by Crippen LogP contribution is -2.17. The topological polar surface area (TPSA) is 72.7 Å². The SMILES string of the molecule is COC(=O)c1c(-c2cc(C)ccc2C)csc1NC(=O)c1c(C)nc2ccccn12. The minimum atomic E-state index is -0.489. The molecule has 4 rings (SSSR count). The van der Waals surface area contributed by atoms with Gasteiger partial charge < -0.3 is 10.1 Å². The van der Waals surface area contributed by atoms with E-state index < -0.39 is 5.97 Å². The Morgan fingerprint density at radius 3 is 2.67 bits per heavy atom. The lowest BCUT2D eigenvalue weighted by Gasteiger charge is -2.10. The fourth-order valence-corrected chi connectivity index (χ4v) is 4.47. The Bertz CT molecular complexity index is 1290. The zero-order valence-corrected chi connectivity index (χ0v) is 18.0. The van der Waals surface area contributed by atoms with E-state index in [0.29, 0.717) is 27.6 Å². The van der Waals surface area contributed by atoms with Crippen molar-refractivity contribution in [1.82, 2.24) is 9.38 Å². The molecule has 3 aromatic heterocycles. The number of aromatic nitrogens is 2. The second-order valence-corrected chi connectivity index (χ2v) is 7.97. The molecule has 7 heteroatoms. The van der Waals surface area contributed by atoms with Gasteiger partial charge in [0.25, 0.3) is 5.91 Å². The number of imidazole rings is 1. The number of rotatable bonds is 4. The maximum absolute atomic E-state index is 13.1. The molecule has 0 bridgehead atoms. The van der Waals surface area contributed by atoms with Crippen molar-refractivity contribution < 1.29 is 14.3 Å². The van der Waals surface area contributed by atoms with Crippen LogP contribution in [0.2, 0.25) is 0 Å². The molecule has 0 saturated carbocycles. The third-order valence-electron chi connectivity index (χ3n) is 5.01. The highest BCUT2D eigenvalue weighted by Gasteiger charge is 2.25. The molecule has 0 aliphatic rings. The first-order chi connectivity index (χ1) is 14.4. The van der Waals surface area contributed by atoms with Gasteiger partial charge in [-0.2, -0.15) is 0 Å². The first kappa shape index (κ1) is 19.8. The molecular weight excluding hydrogens is 398 g/mol. The van der Waals surface area contributed by atoms with Gasteiger partial charge >= 0.3 is 5.97 Å². The number of nitrogens with one attached hydrogen (secondary N) is 1. The van der Waals surface area contributed by atoms with E-state index in [0.717, 1.165) is 22.3 Å². The highest BCUT2D eigenvalue weighted by molar-refractivity contribution is 7.15. The maximum Gasteiger partial charge on any atom is 0.341 e. The van der Waals surface area contributed by atoms with E-state index >= 15 is 0 Å². The Kier molecular flexibility index (Phi) is 5.13. The number of carbonyl (C=O) groups excluding carboxylic acids is 2. The summed E-state index contributed by atoms with van der Waals surface area (Å²) in [4.78, 5) is 30.2. The molecular formula is C23H21N3O3S. The smallest absolute Gasteiger partial charge is 0.341 e. The summed E-state index contributed by atoms with van der Waals surface area (Å²) in [5.41, 5.74) is 5.92. The minimum absolute atomic E-state index is 0.328. The van der Waals surface area contributed by atoms with Gasteiger partial charge in [-0.05, 0) is 44.0 Å². The quantitative estimate of drug-likeness (QED) is 0.471. The van der Waals surface area contributed by atoms with Crippen LogP contribution in [0.1, 0.15) is 37.7 Å². The molecule has 0 atom stereocenters. The van der Waals surface area contributed by atoms with Crippen LogP contribution >= 0.6 is 11.3 Å². The molecule has 0 fully saturated rings. The summed E-state index contributed by atoms with van der Waals surface area (Å²) in [6.45, 7) is 5.79. The van der Waals surface area contributed by atoms with Crippen molar-refractivity contribution in [2.45, 2.75) is 20.8 Å². The van der Waals surface area contributed by atoms with Crippen LogP contribution in [0.25, 0.3) is 16.8 Å². The molecule has 30 heavy (non-hydrogen) atoms. The molecule has 3 heterocycles. The average Bonchev–Trinajstić information content (AvgIpc) is 3.29. The van der Waals surface area contributed by atoms with Gasteiger partial charge in [0.05, 0.1) is 12.8 Å². The predicted octanol–water partition coefficient (Wildman–Crippen LogP) is 5.03. The number of nitrogens with zero attached hydrogens (tertiary/aromatic N) is 2. The van der Waals surface area contributed by atoms with E-state index in [1.54, 1.807) is 17.5 Å². The van der Waals surface area contributed by atoms with Crippen LogP contribution in [0.5, 0.6) is 0 Å². The summed E-state index contributed by atoms with van der Waals surface area (Å²) in [6, 6.07) is 11.6. The van der Waals surface area contributed by atoms with Gasteiger partial charge in [0.15, 0.2) is 0 Å². The molecule has 0 unspecified atom stereocenters. The Hall–Kier alpha value is -3.45. The number of pyridine rings is 1. The highest BCUT2D eigenvalue weighted by atomic mass is 32.1. The number of benzene rings is 1. The number of amides is 1. The molecule has 152 valence electrons. The summed E-state index contributed by atoms with van der Waals surface area (Å²) >= 11 is 1.30. The first-order valence-electron chi connectivity index (χ1n) is 9.43. The molecule has 1 amide bonds. The van der Waals surface area contributed by atoms with Crippen LogP contribution in [0, 0.1) is 20.8 Å². The number of aryl methyl sites for hydroxylation is 3. The predicted molar refractivity (Wildman–Crippen MR) is 118 cm³/mol. The summed E-state index contributed by atoms with van der Waals surface area (Å²) in [5.74, 6) is -0.817. The van der Waals surface area contributed by atoms with Crippen LogP contribution in [0.3, 0.4) is 0 Å². The molecule has 0 aliphatic heterocycles. The van der Waals surface area contributed by atoms with E-state index in [4.69, 9.17) is 4.74 Å². The summed E-state index contributed by atoms with van der Waals surface area (Å²) in [5, 5.41) is 5.24. The third-order valence-corrected chi connectivity index (χ3v) is 5.91. The summed E-state index contributed by atoms with van der Waals surface area (Å²) < 4.78 is 6.77. The largest absolute Gasteiger partial charge is 0.465 e. The van der Waals surface area contributed by atoms with Crippen molar-refractivity contribution in [3.8, 4) is 11.1 Å². The molecule has 6 nitrogen and oxygen atoms in total. The minimum Gasteiger partial charge on any atom is -0.465 e. The lowest BCUT2D eigenvalue weighted by atomic mass is 9.97. The second-order valence-electron chi connectivity index (χ2n) is 7.09. The van der Waals surface area contributed by atoms with Crippen molar-refractivity contribution in [1.29, 1.82) is 0 Å². The number of anilines is 1. The zero-order chi connectivity index (χ0) is 21.4. The molecule has 1 aromatic carbocycles.